The zero-order valence-corrected chi connectivity index (χ0v) is 15.0. The van der Waals surface area contributed by atoms with Gasteiger partial charge in [0, 0.05) is 6.08 Å². The van der Waals surface area contributed by atoms with E-state index in [4.69, 9.17) is 14.7 Å². The highest BCUT2D eigenvalue weighted by Crippen LogP contribution is 2.15. The SMILES string of the molecule is CCOc1ccc(C=CC(=O)OCC(=O)NC(C)(C#N)C(C)C)cc1. The van der Waals surface area contributed by atoms with Crippen LogP contribution in [0.5, 0.6) is 5.75 Å². The molecule has 0 heterocycles. The van der Waals surface area contributed by atoms with E-state index in [9.17, 15) is 9.59 Å². The van der Waals surface area contributed by atoms with E-state index in [0.29, 0.717) is 6.61 Å². The Hall–Kier alpha value is -2.81. The van der Waals surface area contributed by atoms with Gasteiger partial charge in [0.25, 0.3) is 5.91 Å². The van der Waals surface area contributed by atoms with Crippen LogP contribution in [0.1, 0.15) is 33.3 Å². The standard InChI is InChI=1S/C19H24N2O4/c1-5-24-16-9-6-15(7-10-16)8-11-18(23)25-12-17(22)21-19(4,13-20)14(2)3/h6-11,14H,5,12H2,1-4H3,(H,21,22). The summed E-state index contributed by atoms with van der Waals surface area (Å²) in [6, 6.07) is 9.28. The van der Waals surface area contributed by atoms with E-state index < -0.39 is 24.0 Å². The van der Waals surface area contributed by atoms with Crippen LogP contribution in [0.4, 0.5) is 0 Å². The molecule has 25 heavy (non-hydrogen) atoms. The highest BCUT2D eigenvalue weighted by Gasteiger charge is 2.30. The second-order valence-electron chi connectivity index (χ2n) is 5.96. The zero-order valence-electron chi connectivity index (χ0n) is 15.0. The minimum absolute atomic E-state index is 0.0725. The molecule has 6 nitrogen and oxygen atoms in total. The summed E-state index contributed by atoms with van der Waals surface area (Å²) in [7, 11) is 0. The van der Waals surface area contributed by atoms with E-state index in [1.165, 1.54) is 6.08 Å². The van der Waals surface area contributed by atoms with Crippen molar-refractivity contribution in [3.8, 4) is 11.8 Å². The minimum atomic E-state index is -0.998. The molecule has 1 rings (SSSR count). The van der Waals surface area contributed by atoms with Gasteiger partial charge in [-0.1, -0.05) is 26.0 Å². The normalized spacial score (nSPS) is 13.1. The molecule has 1 aromatic carbocycles. The van der Waals surface area contributed by atoms with E-state index in [1.54, 1.807) is 25.1 Å². The van der Waals surface area contributed by atoms with Gasteiger partial charge in [-0.3, -0.25) is 4.79 Å². The number of carbonyl (C=O) groups excluding carboxylic acids is 2. The van der Waals surface area contributed by atoms with Gasteiger partial charge in [0.15, 0.2) is 6.61 Å². The van der Waals surface area contributed by atoms with Crippen molar-refractivity contribution < 1.29 is 19.1 Å². The number of nitriles is 1. The predicted molar refractivity (Wildman–Crippen MR) is 94.6 cm³/mol. The summed E-state index contributed by atoms with van der Waals surface area (Å²) in [5.41, 5.74) is -0.191. The van der Waals surface area contributed by atoms with Crippen molar-refractivity contribution >= 4 is 18.0 Å². The molecule has 0 saturated heterocycles. The lowest BCUT2D eigenvalue weighted by atomic mass is 9.90. The highest BCUT2D eigenvalue weighted by molar-refractivity contribution is 5.89. The maximum atomic E-state index is 11.8. The summed E-state index contributed by atoms with van der Waals surface area (Å²) in [6.45, 7) is 7.34. The first-order valence-electron chi connectivity index (χ1n) is 8.10. The second kappa shape index (κ2) is 9.48. The van der Waals surface area contributed by atoms with Crippen molar-refractivity contribution in [1.82, 2.24) is 5.32 Å². The Morgan fingerprint density at radius 1 is 1.32 bits per heavy atom. The summed E-state index contributed by atoms with van der Waals surface area (Å²) in [4.78, 5) is 23.5. The number of hydrogen-bond donors (Lipinski definition) is 1. The molecule has 0 aliphatic carbocycles. The number of hydrogen-bond acceptors (Lipinski definition) is 5. The number of esters is 1. The summed E-state index contributed by atoms with van der Waals surface area (Å²) in [6.07, 6.45) is 2.83. The first-order valence-corrected chi connectivity index (χ1v) is 8.10. The van der Waals surface area contributed by atoms with Gasteiger partial charge >= 0.3 is 5.97 Å². The average Bonchev–Trinajstić information content (AvgIpc) is 2.59. The number of nitrogens with one attached hydrogen (secondary N) is 1. The summed E-state index contributed by atoms with van der Waals surface area (Å²) in [5.74, 6) is -0.464. The van der Waals surface area contributed by atoms with Crippen LogP contribution in [0.15, 0.2) is 30.3 Å². The Labute approximate surface area is 148 Å². The molecular formula is C19H24N2O4. The topological polar surface area (TPSA) is 88.4 Å². The van der Waals surface area contributed by atoms with Crippen molar-refractivity contribution in [3.63, 3.8) is 0 Å². The molecule has 1 unspecified atom stereocenters. The molecule has 0 aliphatic rings. The zero-order chi connectivity index (χ0) is 18.9. The molecule has 134 valence electrons. The van der Waals surface area contributed by atoms with Crippen molar-refractivity contribution in [2.24, 2.45) is 5.92 Å². The van der Waals surface area contributed by atoms with Gasteiger partial charge in [0.2, 0.25) is 0 Å². The van der Waals surface area contributed by atoms with Crippen LogP contribution in [-0.4, -0.2) is 30.6 Å². The number of amides is 1. The number of benzene rings is 1. The summed E-state index contributed by atoms with van der Waals surface area (Å²) in [5, 5.41) is 11.7. The van der Waals surface area contributed by atoms with Crippen molar-refractivity contribution in [2.75, 3.05) is 13.2 Å². The molecule has 0 bridgehead atoms. The lowest BCUT2D eigenvalue weighted by molar-refractivity contribution is -0.144. The molecule has 6 heteroatoms. The smallest absolute Gasteiger partial charge is 0.331 e. The molecule has 0 spiro atoms. The van der Waals surface area contributed by atoms with Gasteiger partial charge < -0.3 is 14.8 Å². The first kappa shape index (κ1) is 20.2. The Kier molecular flexibility index (Phi) is 7.67. The molecule has 0 fully saturated rings. The van der Waals surface area contributed by atoms with Crippen LogP contribution in [-0.2, 0) is 14.3 Å². The molecule has 1 aromatic rings. The maximum absolute atomic E-state index is 11.8. The molecule has 1 N–H and O–H groups in total. The molecule has 0 aromatic heterocycles. The summed E-state index contributed by atoms with van der Waals surface area (Å²) < 4.78 is 10.2. The quantitative estimate of drug-likeness (QED) is 0.578. The van der Waals surface area contributed by atoms with Crippen LogP contribution < -0.4 is 10.1 Å². The molecule has 0 aliphatic heterocycles. The monoisotopic (exact) mass is 344 g/mol. The van der Waals surface area contributed by atoms with Gasteiger partial charge in [-0.15, -0.1) is 0 Å². The van der Waals surface area contributed by atoms with Crippen LogP contribution in [0.2, 0.25) is 0 Å². The largest absolute Gasteiger partial charge is 0.494 e. The molecule has 0 radical (unpaired) electrons. The number of carbonyl (C=O) groups is 2. The Morgan fingerprint density at radius 3 is 2.48 bits per heavy atom. The van der Waals surface area contributed by atoms with Gasteiger partial charge in [0.05, 0.1) is 12.7 Å². The van der Waals surface area contributed by atoms with Gasteiger partial charge in [0.1, 0.15) is 11.3 Å². The van der Waals surface area contributed by atoms with Gasteiger partial charge in [-0.25, -0.2) is 4.79 Å². The second-order valence-corrected chi connectivity index (χ2v) is 5.96. The van der Waals surface area contributed by atoms with Crippen LogP contribution in [0.25, 0.3) is 6.08 Å². The van der Waals surface area contributed by atoms with Gasteiger partial charge in [-0.2, -0.15) is 5.26 Å². The van der Waals surface area contributed by atoms with E-state index in [2.05, 4.69) is 11.4 Å². The Morgan fingerprint density at radius 2 is 1.96 bits per heavy atom. The highest BCUT2D eigenvalue weighted by atomic mass is 16.5. The fourth-order valence-corrected chi connectivity index (χ4v) is 1.82. The van der Waals surface area contributed by atoms with Crippen LogP contribution in [0.3, 0.4) is 0 Å². The fourth-order valence-electron chi connectivity index (χ4n) is 1.82. The van der Waals surface area contributed by atoms with Crippen LogP contribution >= 0.6 is 0 Å². The first-order chi connectivity index (χ1) is 11.8. The third kappa shape index (κ3) is 6.68. The van der Waals surface area contributed by atoms with Crippen molar-refractivity contribution in [1.29, 1.82) is 5.26 Å². The lowest BCUT2D eigenvalue weighted by Gasteiger charge is -2.27. The molecule has 1 amide bonds. The fraction of sp³-hybridized carbons (Fsp3) is 0.421. The third-order valence-electron chi connectivity index (χ3n) is 3.73. The average molecular weight is 344 g/mol. The number of nitrogens with zero attached hydrogens (tertiary/aromatic N) is 1. The molecule has 1 atom stereocenters. The van der Waals surface area contributed by atoms with Crippen molar-refractivity contribution in [3.05, 3.63) is 35.9 Å². The minimum Gasteiger partial charge on any atom is -0.494 e. The maximum Gasteiger partial charge on any atom is 0.331 e. The predicted octanol–water partition coefficient (Wildman–Crippen LogP) is 2.70. The lowest BCUT2D eigenvalue weighted by Crippen LogP contribution is -2.50. The van der Waals surface area contributed by atoms with E-state index in [-0.39, 0.29) is 5.92 Å². The number of rotatable bonds is 8. The van der Waals surface area contributed by atoms with E-state index in [1.807, 2.05) is 32.9 Å². The van der Waals surface area contributed by atoms with Crippen LogP contribution in [0, 0.1) is 17.2 Å². The van der Waals surface area contributed by atoms with E-state index >= 15 is 0 Å². The molecule has 0 saturated carbocycles. The summed E-state index contributed by atoms with van der Waals surface area (Å²) >= 11 is 0. The Bertz CT molecular complexity index is 659. The Balaban J connectivity index is 2.49. The number of ether oxygens (including phenoxy) is 2. The van der Waals surface area contributed by atoms with E-state index in [0.717, 1.165) is 11.3 Å². The van der Waals surface area contributed by atoms with Crippen molar-refractivity contribution in [2.45, 2.75) is 33.2 Å². The molecular weight excluding hydrogens is 320 g/mol. The van der Waals surface area contributed by atoms with Gasteiger partial charge in [-0.05, 0) is 43.5 Å². The third-order valence-corrected chi connectivity index (χ3v) is 3.73.